The van der Waals surface area contributed by atoms with Crippen molar-refractivity contribution in [2.75, 3.05) is 40.4 Å². The number of piperidine rings is 1. The van der Waals surface area contributed by atoms with Gasteiger partial charge in [-0.25, -0.2) is 0 Å². The van der Waals surface area contributed by atoms with Crippen LogP contribution < -0.4 is 9.47 Å². The summed E-state index contributed by atoms with van der Waals surface area (Å²) < 4.78 is 11.0. The molecule has 0 bridgehead atoms. The van der Waals surface area contributed by atoms with E-state index < -0.39 is 0 Å². The van der Waals surface area contributed by atoms with Gasteiger partial charge in [0.1, 0.15) is 11.5 Å². The molecule has 0 unspecified atom stereocenters. The van der Waals surface area contributed by atoms with Gasteiger partial charge in [0.15, 0.2) is 0 Å². The van der Waals surface area contributed by atoms with Crippen molar-refractivity contribution in [2.45, 2.75) is 38.6 Å². The van der Waals surface area contributed by atoms with Crippen LogP contribution in [0.1, 0.15) is 44.2 Å². The zero-order chi connectivity index (χ0) is 17.8. The van der Waals surface area contributed by atoms with Crippen molar-refractivity contribution in [1.82, 2.24) is 9.80 Å². The van der Waals surface area contributed by atoms with Crippen molar-refractivity contribution < 1.29 is 14.3 Å². The number of methoxy groups -OCH3 is 2. The highest BCUT2D eigenvalue weighted by molar-refractivity contribution is 5.78. The Morgan fingerprint density at radius 1 is 1.16 bits per heavy atom. The molecule has 25 heavy (non-hydrogen) atoms. The molecule has 0 saturated carbocycles. The molecule has 0 aliphatic carbocycles. The molecule has 2 aliphatic rings. The van der Waals surface area contributed by atoms with Gasteiger partial charge in [0.2, 0.25) is 5.91 Å². The first-order chi connectivity index (χ1) is 12.1. The van der Waals surface area contributed by atoms with E-state index in [-0.39, 0.29) is 11.9 Å². The van der Waals surface area contributed by atoms with Gasteiger partial charge in [0.05, 0.1) is 20.8 Å². The lowest BCUT2D eigenvalue weighted by Crippen LogP contribution is -2.44. The Kier molecular flexibility index (Phi) is 5.84. The molecule has 5 heteroatoms. The summed E-state index contributed by atoms with van der Waals surface area (Å²) in [6.45, 7) is 5.50. The molecular weight excluding hydrogens is 316 g/mol. The molecule has 138 valence electrons. The SMILES string of the molecule is COc1ccc(OC)c([C@H]2CCCN2CC(=O)N2CCC[C@@H](C)C2)c1. The first-order valence-electron chi connectivity index (χ1n) is 9.36. The summed E-state index contributed by atoms with van der Waals surface area (Å²) in [5.74, 6) is 2.58. The summed E-state index contributed by atoms with van der Waals surface area (Å²) in [7, 11) is 3.38. The molecule has 5 nitrogen and oxygen atoms in total. The van der Waals surface area contributed by atoms with E-state index in [2.05, 4.69) is 17.9 Å². The number of nitrogens with zero attached hydrogens (tertiary/aromatic N) is 2. The van der Waals surface area contributed by atoms with Crippen LogP contribution in [0.3, 0.4) is 0 Å². The molecule has 2 aliphatic heterocycles. The lowest BCUT2D eigenvalue weighted by atomic mass is 10.00. The second kappa shape index (κ2) is 8.09. The molecule has 1 aromatic rings. The number of rotatable bonds is 5. The van der Waals surface area contributed by atoms with E-state index in [1.54, 1.807) is 14.2 Å². The van der Waals surface area contributed by atoms with Gasteiger partial charge < -0.3 is 14.4 Å². The fourth-order valence-electron chi connectivity index (χ4n) is 4.16. The molecule has 2 fully saturated rings. The third-order valence-corrected chi connectivity index (χ3v) is 5.51. The monoisotopic (exact) mass is 346 g/mol. The Labute approximate surface area is 150 Å². The Hall–Kier alpha value is -1.75. The molecule has 0 radical (unpaired) electrons. The number of likely N-dealkylation sites (tertiary alicyclic amines) is 2. The van der Waals surface area contributed by atoms with Gasteiger partial charge in [-0.05, 0) is 56.3 Å². The summed E-state index contributed by atoms with van der Waals surface area (Å²) in [5, 5.41) is 0. The molecule has 0 N–H and O–H groups in total. The first-order valence-corrected chi connectivity index (χ1v) is 9.36. The van der Waals surface area contributed by atoms with Crippen LogP contribution in [0.4, 0.5) is 0 Å². The average molecular weight is 346 g/mol. The second-order valence-corrected chi connectivity index (χ2v) is 7.32. The Bertz CT molecular complexity index is 605. The van der Waals surface area contributed by atoms with Crippen LogP contribution >= 0.6 is 0 Å². The summed E-state index contributed by atoms with van der Waals surface area (Å²) in [5.41, 5.74) is 1.12. The standard InChI is InChI=1S/C20H30N2O3/c1-15-6-4-11-22(13-15)20(23)14-21-10-5-7-18(21)17-12-16(24-2)8-9-19(17)25-3/h8-9,12,15,18H,4-7,10-11,13-14H2,1-3H3/t15-,18-/m1/s1. The number of hydrogen-bond acceptors (Lipinski definition) is 4. The fraction of sp³-hybridized carbons (Fsp3) is 0.650. The maximum Gasteiger partial charge on any atom is 0.236 e. The molecular formula is C20H30N2O3. The number of carbonyl (C=O) groups excluding carboxylic acids is 1. The van der Waals surface area contributed by atoms with Crippen molar-refractivity contribution in [3.63, 3.8) is 0 Å². The smallest absolute Gasteiger partial charge is 0.236 e. The minimum absolute atomic E-state index is 0.219. The molecule has 1 amide bonds. The molecule has 0 aromatic heterocycles. The van der Waals surface area contributed by atoms with Gasteiger partial charge in [-0.3, -0.25) is 9.69 Å². The maximum atomic E-state index is 12.8. The third kappa shape index (κ3) is 4.09. The minimum atomic E-state index is 0.219. The lowest BCUT2D eigenvalue weighted by Gasteiger charge is -2.33. The molecule has 0 spiro atoms. The number of hydrogen-bond donors (Lipinski definition) is 0. The highest BCUT2D eigenvalue weighted by Crippen LogP contribution is 2.38. The van der Waals surface area contributed by atoms with Crippen LogP contribution in [0.15, 0.2) is 18.2 Å². The zero-order valence-electron chi connectivity index (χ0n) is 15.7. The van der Waals surface area contributed by atoms with Gasteiger partial charge in [-0.2, -0.15) is 0 Å². The molecule has 2 atom stereocenters. The van der Waals surface area contributed by atoms with E-state index in [9.17, 15) is 4.79 Å². The van der Waals surface area contributed by atoms with Crippen molar-refractivity contribution in [3.05, 3.63) is 23.8 Å². The first kappa shape index (κ1) is 18.1. The van der Waals surface area contributed by atoms with E-state index in [4.69, 9.17) is 9.47 Å². The molecule has 2 heterocycles. The van der Waals surface area contributed by atoms with Gasteiger partial charge in [-0.15, -0.1) is 0 Å². The second-order valence-electron chi connectivity index (χ2n) is 7.32. The zero-order valence-corrected chi connectivity index (χ0v) is 15.7. The van der Waals surface area contributed by atoms with Crippen LogP contribution in [0, 0.1) is 5.92 Å². The van der Waals surface area contributed by atoms with E-state index in [1.807, 2.05) is 17.0 Å². The maximum absolute atomic E-state index is 12.8. The number of carbonyl (C=O) groups is 1. The predicted octanol–water partition coefficient (Wildman–Crippen LogP) is 3.10. The summed E-state index contributed by atoms with van der Waals surface area (Å²) in [6.07, 6.45) is 4.51. The summed E-state index contributed by atoms with van der Waals surface area (Å²) in [6, 6.07) is 6.15. The van der Waals surface area contributed by atoms with E-state index in [0.717, 1.165) is 56.0 Å². The van der Waals surface area contributed by atoms with Crippen LogP contribution in [0.25, 0.3) is 0 Å². The van der Waals surface area contributed by atoms with Crippen LogP contribution in [0.2, 0.25) is 0 Å². The van der Waals surface area contributed by atoms with Gasteiger partial charge in [0, 0.05) is 24.7 Å². The quantitative estimate of drug-likeness (QED) is 0.822. The molecule has 3 rings (SSSR count). The third-order valence-electron chi connectivity index (χ3n) is 5.51. The topological polar surface area (TPSA) is 42.0 Å². The van der Waals surface area contributed by atoms with Gasteiger partial charge >= 0.3 is 0 Å². The van der Waals surface area contributed by atoms with E-state index in [1.165, 1.54) is 6.42 Å². The fourth-order valence-corrected chi connectivity index (χ4v) is 4.16. The number of benzene rings is 1. The van der Waals surface area contributed by atoms with Gasteiger partial charge in [-0.1, -0.05) is 6.92 Å². The van der Waals surface area contributed by atoms with Crippen molar-refractivity contribution in [2.24, 2.45) is 5.92 Å². The molecule has 2 saturated heterocycles. The minimum Gasteiger partial charge on any atom is -0.497 e. The summed E-state index contributed by atoms with van der Waals surface area (Å²) in [4.78, 5) is 17.1. The Morgan fingerprint density at radius 3 is 2.68 bits per heavy atom. The number of amides is 1. The highest BCUT2D eigenvalue weighted by Gasteiger charge is 2.32. The Morgan fingerprint density at radius 2 is 1.96 bits per heavy atom. The van der Waals surface area contributed by atoms with Crippen LogP contribution in [-0.2, 0) is 4.79 Å². The van der Waals surface area contributed by atoms with Crippen LogP contribution in [0.5, 0.6) is 11.5 Å². The summed E-state index contributed by atoms with van der Waals surface area (Å²) >= 11 is 0. The van der Waals surface area contributed by atoms with Crippen molar-refractivity contribution in [3.8, 4) is 11.5 Å². The van der Waals surface area contributed by atoms with Gasteiger partial charge in [0.25, 0.3) is 0 Å². The largest absolute Gasteiger partial charge is 0.497 e. The predicted molar refractivity (Wildman–Crippen MR) is 98.1 cm³/mol. The average Bonchev–Trinajstić information content (AvgIpc) is 3.09. The van der Waals surface area contributed by atoms with Crippen LogP contribution in [-0.4, -0.2) is 56.1 Å². The molecule has 1 aromatic carbocycles. The lowest BCUT2D eigenvalue weighted by molar-refractivity contribution is -0.134. The highest BCUT2D eigenvalue weighted by atomic mass is 16.5. The van der Waals surface area contributed by atoms with E-state index in [0.29, 0.717) is 12.5 Å². The number of ether oxygens (including phenoxy) is 2. The van der Waals surface area contributed by atoms with E-state index >= 15 is 0 Å². The van der Waals surface area contributed by atoms with Crippen molar-refractivity contribution in [1.29, 1.82) is 0 Å². The normalized spacial score (nSPS) is 24.4. The Balaban J connectivity index is 1.73. The van der Waals surface area contributed by atoms with Crippen molar-refractivity contribution >= 4 is 5.91 Å².